The van der Waals surface area contributed by atoms with Gasteiger partial charge in [-0.05, 0) is 6.92 Å². The third kappa shape index (κ3) is 2.87. The van der Waals surface area contributed by atoms with Crippen LogP contribution in [0, 0.1) is 13.0 Å². The van der Waals surface area contributed by atoms with Crippen LogP contribution in [0.5, 0.6) is 0 Å². The monoisotopic (exact) mass is 211 g/mol. The van der Waals surface area contributed by atoms with Gasteiger partial charge in [-0.25, -0.2) is 12.1 Å². The van der Waals surface area contributed by atoms with E-state index in [9.17, 15) is 0 Å². The van der Waals surface area contributed by atoms with Crippen LogP contribution in [0.3, 0.4) is 0 Å². The van der Waals surface area contributed by atoms with Gasteiger partial charge < -0.3 is 10.1 Å². The number of aryl methyl sites for hydroxylation is 1. The van der Waals surface area contributed by atoms with Crippen molar-refractivity contribution in [2.24, 2.45) is 0 Å². The van der Waals surface area contributed by atoms with Crippen molar-refractivity contribution >= 4 is 0 Å². The van der Waals surface area contributed by atoms with Crippen LogP contribution in [-0.4, -0.2) is 10.1 Å². The average Bonchev–Trinajstić information content (AvgIpc) is 1.90. The number of hydrogen-bond acceptors (Lipinski definition) is 2. The fourth-order valence-corrected chi connectivity index (χ4v) is 0.538. The maximum Gasteiger partial charge on any atom is 0.00448 e. The summed E-state index contributed by atoms with van der Waals surface area (Å²) in [6, 6.07) is 4.62. The van der Waals surface area contributed by atoms with Gasteiger partial charge in [0.05, 0.1) is 0 Å². The van der Waals surface area contributed by atoms with E-state index in [2.05, 4.69) is 11.1 Å². The van der Waals surface area contributed by atoms with Crippen LogP contribution >= 0.6 is 0 Å². The Hall–Kier alpha value is 0.214. The van der Waals surface area contributed by atoms with Gasteiger partial charge in [0.1, 0.15) is 0 Å². The Morgan fingerprint density at radius 2 is 2.40 bits per heavy atom. The Morgan fingerprint density at radius 3 is 2.80 bits per heavy atom. The van der Waals surface area contributed by atoms with E-state index in [0.29, 0.717) is 0 Å². The molecule has 0 spiro atoms. The van der Waals surface area contributed by atoms with Crippen LogP contribution < -0.4 is 0 Å². The summed E-state index contributed by atoms with van der Waals surface area (Å²) in [7, 11) is 0. The van der Waals surface area contributed by atoms with Crippen LogP contribution in [0.1, 0.15) is 11.3 Å². The van der Waals surface area contributed by atoms with Crippen LogP contribution in [0.25, 0.3) is 0 Å². The van der Waals surface area contributed by atoms with Crippen molar-refractivity contribution in [1.29, 1.82) is 0 Å². The molecule has 0 atom stereocenters. The zero-order valence-corrected chi connectivity index (χ0v) is 8.67. The predicted octanol–water partition coefficient (Wildman–Crippen LogP) is 0.680. The smallest absolute Gasteiger partial charge is 0.00448 e. The summed E-state index contributed by atoms with van der Waals surface area (Å²) in [4.78, 5) is 3.93. The molecule has 0 aliphatic heterocycles. The standard InChI is InChI=1S/C7H8NO.Y/c1-6-2-3-7(5-9)4-8-6;/h3-4,9H,5H2,1H3;/q-1;. The maximum atomic E-state index is 8.57. The first-order valence-corrected chi connectivity index (χ1v) is 2.77. The van der Waals surface area contributed by atoms with Crippen molar-refractivity contribution in [2.45, 2.75) is 13.5 Å². The van der Waals surface area contributed by atoms with Crippen LogP contribution in [-0.2, 0) is 39.3 Å². The molecule has 1 radical (unpaired) electrons. The summed E-state index contributed by atoms with van der Waals surface area (Å²) in [5.74, 6) is 0. The number of aliphatic hydroxyl groups is 1. The molecule has 0 saturated carbocycles. The Kier molecular flexibility index (Phi) is 5.05. The van der Waals surface area contributed by atoms with E-state index in [4.69, 9.17) is 5.11 Å². The van der Waals surface area contributed by atoms with E-state index in [1.54, 1.807) is 12.3 Å². The molecule has 51 valence electrons. The molecule has 1 rings (SSSR count). The molecule has 1 aromatic heterocycles. The minimum atomic E-state index is 0. The number of rotatable bonds is 1. The molecule has 0 bridgehead atoms. The van der Waals surface area contributed by atoms with Gasteiger partial charge in [-0.15, -0.1) is 0 Å². The largest absolute Gasteiger partial charge is 0.410 e. The second-order valence-electron chi connectivity index (χ2n) is 1.87. The van der Waals surface area contributed by atoms with Crippen molar-refractivity contribution in [3.05, 3.63) is 29.6 Å². The van der Waals surface area contributed by atoms with E-state index in [0.717, 1.165) is 11.3 Å². The summed E-state index contributed by atoms with van der Waals surface area (Å²) >= 11 is 0. The first-order valence-electron chi connectivity index (χ1n) is 2.77. The normalized spacial score (nSPS) is 8.60. The number of aromatic nitrogens is 1. The molecule has 0 fully saturated rings. The molecule has 0 saturated heterocycles. The third-order valence-electron chi connectivity index (χ3n) is 1.07. The SMILES string of the molecule is Cc1[c-]cc(CO)cn1.[Y]. The topological polar surface area (TPSA) is 33.1 Å². The van der Waals surface area contributed by atoms with Gasteiger partial charge in [0, 0.05) is 39.3 Å². The van der Waals surface area contributed by atoms with Gasteiger partial charge in [-0.1, -0.05) is 11.9 Å². The summed E-state index contributed by atoms with van der Waals surface area (Å²) in [5.41, 5.74) is 1.66. The van der Waals surface area contributed by atoms with Gasteiger partial charge >= 0.3 is 0 Å². The average molecular weight is 211 g/mol. The minimum Gasteiger partial charge on any atom is -0.410 e. The molecule has 0 aromatic carbocycles. The van der Waals surface area contributed by atoms with E-state index < -0.39 is 0 Å². The van der Waals surface area contributed by atoms with Crippen LogP contribution in [0.4, 0.5) is 0 Å². The molecule has 0 unspecified atom stereocenters. The Bertz CT molecular complexity index is 185. The Morgan fingerprint density at radius 1 is 1.70 bits per heavy atom. The first kappa shape index (κ1) is 10.2. The van der Waals surface area contributed by atoms with E-state index >= 15 is 0 Å². The summed E-state index contributed by atoms with van der Waals surface area (Å²) < 4.78 is 0. The summed E-state index contributed by atoms with van der Waals surface area (Å²) in [6.07, 6.45) is 1.64. The molecule has 2 nitrogen and oxygen atoms in total. The van der Waals surface area contributed by atoms with Crippen LogP contribution in [0.15, 0.2) is 12.3 Å². The van der Waals surface area contributed by atoms with E-state index in [-0.39, 0.29) is 39.3 Å². The third-order valence-corrected chi connectivity index (χ3v) is 1.07. The van der Waals surface area contributed by atoms with Gasteiger partial charge in [-0.3, -0.25) is 0 Å². The number of hydrogen-bond donors (Lipinski definition) is 1. The minimum absolute atomic E-state index is 0. The molecule has 0 aliphatic rings. The van der Waals surface area contributed by atoms with Gasteiger partial charge in [0.2, 0.25) is 0 Å². The van der Waals surface area contributed by atoms with Gasteiger partial charge in [-0.2, -0.15) is 5.56 Å². The second kappa shape index (κ2) is 4.94. The first-order chi connectivity index (χ1) is 4.33. The molecule has 1 N–H and O–H groups in total. The Labute approximate surface area is 85.6 Å². The summed E-state index contributed by atoms with van der Waals surface area (Å²) in [5, 5.41) is 8.57. The Balaban J connectivity index is 0.000000810. The fraction of sp³-hybridized carbons (Fsp3) is 0.286. The van der Waals surface area contributed by atoms with Crippen molar-refractivity contribution in [3.8, 4) is 0 Å². The number of nitrogens with zero attached hydrogens (tertiary/aromatic N) is 1. The van der Waals surface area contributed by atoms with Crippen molar-refractivity contribution in [2.75, 3.05) is 0 Å². The van der Waals surface area contributed by atoms with E-state index in [1.807, 2.05) is 6.92 Å². The van der Waals surface area contributed by atoms with Gasteiger partial charge in [0.15, 0.2) is 0 Å². The number of pyridine rings is 1. The molecule has 1 heterocycles. The molecular formula is C7H8NOY-. The zero-order chi connectivity index (χ0) is 6.69. The van der Waals surface area contributed by atoms with Crippen molar-refractivity contribution < 1.29 is 37.8 Å². The molecular weight excluding hydrogens is 203 g/mol. The predicted molar refractivity (Wildman–Crippen MR) is 33.7 cm³/mol. The maximum absolute atomic E-state index is 8.57. The molecule has 1 aromatic rings. The molecule has 3 heteroatoms. The van der Waals surface area contributed by atoms with E-state index in [1.165, 1.54) is 0 Å². The molecule has 0 amide bonds. The second-order valence-corrected chi connectivity index (χ2v) is 1.87. The van der Waals surface area contributed by atoms with Gasteiger partial charge in [0.25, 0.3) is 0 Å². The molecule has 10 heavy (non-hydrogen) atoms. The quantitative estimate of drug-likeness (QED) is 0.693. The van der Waals surface area contributed by atoms with Crippen molar-refractivity contribution in [3.63, 3.8) is 0 Å². The molecule has 0 aliphatic carbocycles. The number of aliphatic hydroxyl groups excluding tert-OH is 1. The fourth-order valence-electron chi connectivity index (χ4n) is 0.538. The summed E-state index contributed by atoms with van der Waals surface area (Å²) in [6.45, 7) is 1.91. The van der Waals surface area contributed by atoms with Crippen molar-refractivity contribution in [1.82, 2.24) is 4.98 Å². The zero-order valence-electron chi connectivity index (χ0n) is 5.83. The van der Waals surface area contributed by atoms with Crippen LogP contribution in [0.2, 0.25) is 0 Å².